The van der Waals surface area contributed by atoms with E-state index in [1.807, 2.05) is 4.90 Å². The zero-order chi connectivity index (χ0) is 24.5. The van der Waals surface area contributed by atoms with E-state index >= 15 is 0 Å². The Labute approximate surface area is 198 Å². The number of halogens is 3. The molecular weight excluding hydrogens is 489 g/mol. The maximum atomic E-state index is 13.6. The van der Waals surface area contributed by atoms with Gasteiger partial charge < -0.3 is 10.2 Å². The minimum atomic E-state index is -4.58. The standard InChI is InChI=1S/C22H21F3N4O3S2/c1-34(31,32)29-11-9-28(10-12-29)19-8-7-16(14-26-19)27-21(30)18-13-17(15-5-3-2-4-6-15)20(33-18)22(23,24)25/h2-8,13-14H,9-12H2,1H3,(H,27,30). The molecule has 7 nitrogen and oxygen atoms in total. The van der Waals surface area contributed by atoms with Crippen molar-refractivity contribution in [3.63, 3.8) is 0 Å². The lowest BCUT2D eigenvalue weighted by atomic mass is 10.1. The molecule has 3 heterocycles. The van der Waals surface area contributed by atoms with Gasteiger partial charge in [-0.15, -0.1) is 11.3 Å². The summed E-state index contributed by atoms with van der Waals surface area (Å²) in [5, 5.41) is 2.59. The normalized spacial score (nSPS) is 15.4. The molecule has 0 unspecified atom stereocenters. The maximum absolute atomic E-state index is 13.6. The SMILES string of the molecule is CS(=O)(=O)N1CCN(c2ccc(NC(=O)c3cc(-c4ccccc4)c(C(F)(F)F)s3)cn2)CC1. The fourth-order valence-corrected chi connectivity index (χ4v) is 5.40. The predicted molar refractivity (Wildman–Crippen MR) is 126 cm³/mol. The highest BCUT2D eigenvalue weighted by molar-refractivity contribution is 7.88. The monoisotopic (exact) mass is 510 g/mol. The molecule has 0 aliphatic carbocycles. The Bertz CT molecular complexity index is 1270. The summed E-state index contributed by atoms with van der Waals surface area (Å²) < 4.78 is 65.4. The number of anilines is 2. The second-order valence-corrected chi connectivity index (χ2v) is 10.8. The van der Waals surface area contributed by atoms with Crippen molar-refractivity contribution in [3.8, 4) is 11.1 Å². The van der Waals surface area contributed by atoms with Crippen molar-refractivity contribution in [2.75, 3.05) is 42.7 Å². The number of amides is 1. The summed E-state index contributed by atoms with van der Waals surface area (Å²) in [5.41, 5.74) is 0.684. The second kappa shape index (κ2) is 9.35. The first-order chi connectivity index (χ1) is 16.0. The first-order valence-electron chi connectivity index (χ1n) is 10.3. The van der Waals surface area contributed by atoms with Crippen molar-refractivity contribution in [1.82, 2.24) is 9.29 Å². The summed E-state index contributed by atoms with van der Waals surface area (Å²) in [6.45, 7) is 1.65. The minimum Gasteiger partial charge on any atom is -0.354 e. The summed E-state index contributed by atoms with van der Waals surface area (Å²) in [7, 11) is -3.24. The van der Waals surface area contributed by atoms with Gasteiger partial charge in [-0.1, -0.05) is 30.3 Å². The van der Waals surface area contributed by atoms with E-state index in [4.69, 9.17) is 0 Å². The van der Waals surface area contributed by atoms with Crippen LogP contribution in [0.5, 0.6) is 0 Å². The van der Waals surface area contributed by atoms with Gasteiger partial charge in [0, 0.05) is 31.7 Å². The third kappa shape index (κ3) is 5.40. The molecule has 4 rings (SSSR count). The van der Waals surface area contributed by atoms with Gasteiger partial charge in [0.05, 0.1) is 23.0 Å². The average Bonchev–Trinajstić information content (AvgIpc) is 3.26. The van der Waals surface area contributed by atoms with Gasteiger partial charge in [0.2, 0.25) is 10.0 Å². The van der Waals surface area contributed by atoms with Gasteiger partial charge in [0.1, 0.15) is 10.7 Å². The number of rotatable bonds is 5. The van der Waals surface area contributed by atoms with Crippen LogP contribution in [-0.4, -0.2) is 56.0 Å². The molecule has 1 N–H and O–H groups in total. The van der Waals surface area contributed by atoms with Crippen LogP contribution < -0.4 is 10.2 Å². The Hall–Kier alpha value is -2.96. The molecule has 0 radical (unpaired) electrons. The number of piperazine rings is 1. The first-order valence-corrected chi connectivity index (χ1v) is 12.9. The summed E-state index contributed by atoms with van der Waals surface area (Å²) in [6, 6.07) is 12.7. The molecule has 1 aliphatic heterocycles. The van der Waals surface area contributed by atoms with Crippen molar-refractivity contribution in [1.29, 1.82) is 0 Å². The van der Waals surface area contributed by atoms with Crippen molar-refractivity contribution >= 4 is 38.8 Å². The number of carbonyl (C=O) groups is 1. The Morgan fingerprint density at radius 1 is 1.06 bits per heavy atom. The van der Waals surface area contributed by atoms with E-state index in [0.29, 0.717) is 54.6 Å². The van der Waals surface area contributed by atoms with Gasteiger partial charge in [-0.3, -0.25) is 4.79 Å². The van der Waals surface area contributed by atoms with E-state index < -0.39 is 27.0 Å². The fourth-order valence-electron chi connectivity index (χ4n) is 3.63. The number of nitrogens with zero attached hydrogens (tertiary/aromatic N) is 3. The van der Waals surface area contributed by atoms with E-state index in [9.17, 15) is 26.4 Å². The van der Waals surface area contributed by atoms with Crippen molar-refractivity contribution in [3.05, 3.63) is 64.5 Å². The Morgan fingerprint density at radius 3 is 2.29 bits per heavy atom. The molecule has 34 heavy (non-hydrogen) atoms. The molecule has 0 bridgehead atoms. The number of benzene rings is 1. The molecule has 1 aliphatic rings. The average molecular weight is 511 g/mol. The number of hydrogen-bond donors (Lipinski definition) is 1. The number of nitrogens with one attached hydrogen (secondary N) is 1. The number of aromatic nitrogens is 1. The predicted octanol–water partition coefficient (Wildman–Crippen LogP) is 4.16. The maximum Gasteiger partial charge on any atom is 0.426 e. The number of alkyl halides is 3. The van der Waals surface area contributed by atoms with E-state index in [1.165, 1.54) is 22.8 Å². The molecule has 2 aromatic heterocycles. The summed E-state index contributed by atoms with van der Waals surface area (Å²) >= 11 is 0.397. The highest BCUT2D eigenvalue weighted by Crippen LogP contribution is 2.42. The molecule has 0 atom stereocenters. The number of pyridine rings is 1. The van der Waals surface area contributed by atoms with Crippen LogP contribution in [0.4, 0.5) is 24.7 Å². The topological polar surface area (TPSA) is 82.6 Å². The Balaban J connectivity index is 1.47. The quantitative estimate of drug-likeness (QED) is 0.557. The molecule has 3 aromatic rings. The van der Waals surface area contributed by atoms with Crippen LogP contribution >= 0.6 is 11.3 Å². The zero-order valence-electron chi connectivity index (χ0n) is 18.0. The van der Waals surface area contributed by atoms with Crippen molar-refractivity contribution < 1.29 is 26.4 Å². The van der Waals surface area contributed by atoms with Crippen LogP contribution in [0.3, 0.4) is 0 Å². The van der Waals surface area contributed by atoms with Gasteiger partial charge >= 0.3 is 6.18 Å². The third-order valence-electron chi connectivity index (χ3n) is 5.34. The van der Waals surface area contributed by atoms with Crippen LogP contribution in [0.1, 0.15) is 14.5 Å². The van der Waals surface area contributed by atoms with Crippen LogP contribution in [0.15, 0.2) is 54.7 Å². The van der Waals surface area contributed by atoms with Gasteiger partial charge in [-0.2, -0.15) is 17.5 Å². The van der Waals surface area contributed by atoms with Crippen molar-refractivity contribution in [2.24, 2.45) is 0 Å². The van der Waals surface area contributed by atoms with E-state index in [0.717, 1.165) is 0 Å². The number of carbonyl (C=O) groups excluding carboxylic acids is 1. The lowest BCUT2D eigenvalue weighted by Gasteiger charge is -2.33. The van der Waals surface area contributed by atoms with Gasteiger partial charge in [0.15, 0.2) is 0 Å². The first kappa shape index (κ1) is 24.2. The molecule has 1 amide bonds. The molecule has 0 saturated carbocycles. The molecule has 1 fully saturated rings. The van der Waals surface area contributed by atoms with Crippen molar-refractivity contribution in [2.45, 2.75) is 6.18 Å². The largest absolute Gasteiger partial charge is 0.426 e. The van der Waals surface area contributed by atoms with Gasteiger partial charge in [0.25, 0.3) is 5.91 Å². The highest BCUT2D eigenvalue weighted by atomic mass is 32.2. The van der Waals surface area contributed by atoms with E-state index in [1.54, 1.807) is 42.5 Å². The third-order valence-corrected chi connectivity index (χ3v) is 7.82. The van der Waals surface area contributed by atoms with Gasteiger partial charge in [-0.05, 0) is 23.8 Å². The molecular formula is C22H21F3N4O3S2. The molecule has 0 spiro atoms. The molecule has 180 valence electrons. The molecule has 12 heteroatoms. The number of thiophene rings is 1. The lowest BCUT2D eigenvalue weighted by molar-refractivity contribution is -0.133. The van der Waals surface area contributed by atoms with Crippen LogP contribution in [0.2, 0.25) is 0 Å². The lowest BCUT2D eigenvalue weighted by Crippen LogP contribution is -2.48. The van der Waals surface area contributed by atoms with E-state index in [2.05, 4.69) is 10.3 Å². The summed E-state index contributed by atoms with van der Waals surface area (Å²) in [5.74, 6) is -0.0398. The number of hydrogen-bond acceptors (Lipinski definition) is 6. The van der Waals surface area contributed by atoms with E-state index in [-0.39, 0.29) is 10.4 Å². The van der Waals surface area contributed by atoms with Crippen LogP contribution in [0.25, 0.3) is 11.1 Å². The molecule has 1 aromatic carbocycles. The smallest absolute Gasteiger partial charge is 0.354 e. The van der Waals surface area contributed by atoms with Gasteiger partial charge in [-0.25, -0.2) is 13.4 Å². The number of sulfonamides is 1. The van der Waals surface area contributed by atoms with Crippen LogP contribution in [-0.2, 0) is 16.2 Å². The summed E-state index contributed by atoms with van der Waals surface area (Å²) in [4.78, 5) is 18.0. The highest BCUT2D eigenvalue weighted by Gasteiger charge is 2.37. The summed E-state index contributed by atoms with van der Waals surface area (Å²) in [6.07, 6.45) is -1.99. The second-order valence-electron chi connectivity index (χ2n) is 7.73. The van der Waals surface area contributed by atoms with Crippen LogP contribution in [0, 0.1) is 0 Å². The minimum absolute atomic E-state index is 0.0371. The Kier molecular flexibility index (Phi) is 6.65. The molecule has 1 saturated heterocycles. The fraction of sp³-hybridized carbons (Fsp3) is 0.273. The Morgan fingerprint density at radius 2 is 1.74 bits per heavy atom. The zero-order valence-corrected chi connectivity index (χ0v) is 19.7.